The third-order valence-electron chi connectivity index (χ3n) is 6.50. The minimum atomic E-state index is 0.147. The lowest BCUT2D eigenvalue weighted by atomic mass is 9.83. The minimum Gasteiger partial charge on any atom is -0.340 e. The molecule has 0 aromatic rings. The van der Waals surface area contributed by atoms with Crippen molar-refractivity contribution in [2.45, 2.75) is 65.3 Å². The lowest BCUT2D eigenvalue weighted by molar-refractivity contribution is -0.138. The Morgan fingerprint density at radius 3 is 2.20 bits per heavy atom. The lowest BCUT2D eigenvalue weighted by Crippen LogP contribution is -2.53. The van der Waals surface area contributed by atoms with Gasteiger partial charge in [-0.1, -0.05) is 13.8 Å². The summed E-state index contributed by atoms with van der Waals surface area (Å²) in [6, 6.07) is 0.383. The SMILES string of the molecule is CC1CCCCN1C(=O)CN1CCN(C(=O)CC(C)(C)C2CC2)CC1. The van der Waals surface area contributed by atoms with Crippen LogP contribution >= 0.6 is 0 Å². The van der Waals surface area contributed by atoms with Crippen LogP contribution in [-0.4, -0.2) is 71.8 Å². The summed E-state index contributed by atoms with van der Waals surface area (Å²) in [4.78, 5) is 31.4. The molecule has 2 saturated heterocycles. The number of piperazine rings is 1. The van der Waals surface area contributed by atoms with E-state index in [-0.39, 0.29) is 11.3 Å². The van der Waals surface area contributed by atoms with E-state index in [2.05, 4.69) is 30.6 Å². The van der Waals surface area contributed by atoms with Gasteiger partial charge in [0.25, 0.3) is 0 Å². The van der Waals surface area contributed by atoms with Gasteiger partial charge < -0.3 is 9.80 Å². The molecule has 2 aliphatic heterocycles. The number of hydrogen-bond donors (Lipinski definition) is 0. The Hall–Kier alpha value is -1.10. The molecule has 25 heavy (non-hydrogen) atoms. The van der Waals surface area contributed by atoms with Gasteiger partial charge in [0.2, 0.25) is 11.8 Å². The van der Waals surface area contributed by atoms with Crippen LogP contribution in [0.5, 0.6) is 0 Å². The highest BCUT2D eigenvalue weighted by atomic mass is 16.2. The molecule has 3 aliphatic rings. The molecule has 2 heterocycles. The van der Waals surface area contributed by atoms with Crippen LogP contribution in [0.1, 0.15) is 59.3 Å². The third kappa shape index (κ3) is 4.75. The minimum absolute atomic E-state index is 0.147. The molecule has 1 atom stereocenters. The summed E-state index contributed by atoms with van der Waals surface area (Å²) in [6.45, 7) is 11.2. The van der Waals surface area contributed by atoms with E-state index in [1.54, 1.807) is 0 Å². The summed E-state index contributed by atoms with van der Waals surface area (Å²) in [5.74, 6) is 1.30. The second-order valence-corrected chi connectivity index (χ2v) is 9.03. The zero-order valence-electron chi connectivity index (χ0n) is 16.3. The van der Waals surface area contributed by atoms with Crippen LogP contribution in [0.4, 0.5) is 0 Å². The fourth-order valence-electron chi connectivity index (χ4n) is 4.42. The summed E-state index contributed by atoms with van der Waals surface area (Å²) in [6.07, 6.45) is 6.74. The van der Waals surface area contributed by atoms with Crippen LogP contribution < -0.4 is 0 Å². The molecule has 0 aromatic carbocycles. The van der Waals surface area contributed by atoms with E-state index in [1.807, 2.05) is 4.90 Å². The number of piperidine rings is 1. The van der Waals surface area contributed by atoms with Crippen LogP contribution in [0.3, 0.4) is 0 Å². The highest BCUT2D eigenvalue weighted by Gasteiger charge is 2.40. The molecule has 0 aromatic heterocycles. The Kier molecular flexibility index (Phi) is 5.71. The van der Waals surface area contributed by atoms with E-state index in [0.717, 1.165) is 51.5 Å². The monoisotopic (exact) mass is 349 g/mol. The van der Waals surface area contributed by atoms with Gasteiger partial charge in [0.1, 0.15) is 0 Å². The van der Waals surface area contributed by atoms with Crippen molar-refractivity contribution in [3.05, 3.63) is 0 Å². The Morgan fingerprint density at radius 1 is 0.920 bits per heavy atom. The molecular weight excluding hydrogens is 314 g/mol. The maximum atomic E-state index is 12.6. The number of hydrogen-bond acceptors (Lipinski definition) is 3. The first-order chi connectivity index (χ1) is 11.9. The zero-order valence-corrected chi connectivity index (χ0v) is 16.3. The van der Waals surface area contributed by atoms with Gasteiger partial charge in [0, 0.05) is 45.2 Å². The molecule has 3 fully saturated rings. The van der Waals surface area contributed by atoms with Gasteiger partial charge in [0.15, 0.2) is 0 Å². The highest BCUT2D eigenvalue weighted by molar-refractivity contribution is 5.79. The predicted molar refractivity (Wildman–Crippen MR) is 99.2 cm³/mol. The first-order valence-corrected chi connectivity index (χ1v) is 10.2. The fraction of sp³-hybridized carbons (Fsp3) is 0.900. The fourth-order valence-corrected chi connectivity index (χ4v) is 4.42. The number of nitrogens with zero attached hydrogens (tertiary/aromatic N) is 3. The molecule has 5 heteroatoms. The number of amides is 2. The zero-order chi connectivity index (χ0) is 18.0. The van der Waals surface area contributed by atoms with E-state index in [1.165, 1.54) is 19.3 Å². The van der Waals surface area contributed by atoms with E-state index >= 15 is 0 Å². The molecular formula is C20H35N3O2. The van der Waals surface area contributed by atoms with Crippen LogP contribution in [-0.2, 0) is 9.59 Å². The Bertz CT molecular complexity index is 493. The molecule has 3 rings (SSSR count). The summed E-state index contributed by atoms with van der Waals surface area (Å²) in [7, 11) is 0. The Morgan fingerprint density at radius 2 is 1.60 bits per heavy atom. The average molecular weight is 350 g/mol. The van der Waals surface area contributed by atoms with Crippen molar-refractivity contribution in [2.75, 3.05) is 39.3 Å². The standard InChI is InChI=1S/C20H35N3O2/c1-16-6-4-5-9-23(16)19(25)15-21-10-12-22(13-11-21)18(24)14-20(2,3)17-7-8-17/h16-17H,4-15H2,1-3H3. The molecule has 0 bridgehead atoms. The number of carbonyl (C=O) groups excluding carboxylic acids is 2. The van der Waals surface area contributed by atoms with Crippen LogP contribution in [0, 0.1) is 11.3 Å². The largest absolute Gasteiger partial charge is 0.340 e. The molecule has 142 valence electrons. The molecule has 0 spiro atoms. The maximum Gasteiger partial charge on any atom is 0.236 e. The van der Waals surface area contributed by atoms with E-state index in [4.69, 9.17) is 0 Å². The molecule has 0 N–H and O–H groups in total. The summed E-state index contributed by atoms with van der Waals surface area (Å²) < 4.78 is 0. The van der Waals surface area contributed by atoms with Gasteiger partial charge in [-0.3, -0.25) is 14.5 Å². The Balaban J connectivity index is 1.42. The van der Waals surface area contributed by atoms with Crippen molar-refractivity contribution in [2.24, 2.45) is 11.3 Å². The lowest BCUT2D eigenvalue weighted by Gasteiger charge is -2.38. The normalized spacial score (nSPS) is 26.0. The molecule has 1 unspecified atom stereocenters. The van der Waals surface area contributed by atoms with Gasteiger partial charge in [0.05, 0.1) is 6.54 Å². The molecule has 5 nitrogen and oxygen atoms in total. The summed E-state index contributed by atoms with van der Waals surface area (Å²) >= 11 is 0. The molecule has 2 amide bonds. The molecule has 0 radical (unpaired) electrons. The van der Waals surface area contributed by atoms with Gasteiger partial charge in [-0.25, -0.2) is 0 Å². The van der Waals surface area contributed by atoms with Crippen molar-refractivity contribution in [3.63, 3.8) is 0 Å². The van der Waals surface area contributed by atoms with Gasteiger partial charge in [-0.05, 0) is 50.4 Å². The van der Waals surface area contributed by atoms with Crippen molar-refractivity contribution in [3.8, 4) is 0 Å². The smallest absolute Gasteiger partial charge is 0.236 e. The molecule has 1 saturated carbocycles. The van der Waals surface area contributed by atoms with Crippen LogP contribution in [0.2, 0.25) is 0 Å². The van der Waals surface area contributed by atoms with Crippen LogP contribution in [0.25, 0.3) is 0 Å². The summed E-state index contributed by atoms with van der Waals surface area (Å²) in [5.41, 5.74) is 0.147. The van der Waals surface area contributed by atoms with Crippen molar-refractivity contribution >= 4 is 11.8 Å². The van der Waals surface area contributed by atoms with E-state index in [9.17, 15) is 9.59 Å². The second-order valence-electron chi connectivity index (χ2n) is 9.03. The van der Waals surface area contributed by atoms with Gasteiger partial charge in [-0.2, -0.15) is 0 Å². The second kappa shape index (κ2) is 7.65. The van der Waals surface area contributed by atoms with Gasteiger partial charge >= 0.3 is 0 Å². The first kappa shape index (κ1) is 18.7. The van der Waals surface area contributed by atoms with E-state index in [0.29, 0.717) is 24.9 Å². The van der Waals surface area contributed by atoms with Gasteiger partial charge in [-0.15, -0.1) is 0 Å². The number of rotatable bonds is 5. The third-order valence-corrected chi connectivity index (χ3v) is 6.50. The molecule has 1 aliphatic carbocycles. The highest BCUT2D eigenvalue weighted by Crippen LogP contribution is 2.47. The van der Waals surface area contributed by atoms with Crippen molar-refractivity contribution in [1.82, 2.24) is 14.7 Å². The number of carbonyl (C=O) groups is 2. The number of likely N-dealkylation sites (tertiary alicyclic amines) is 1. The predicted octanol–water partition coefficient (Wildman–Crippen LogP) is 2.36. The summed E-state index contributed by atoms with van der Waals surface area (Å²) in [5, 5.41) is 0. The van der Waals surface area contributed by atoms with E-state index < -0.39 is 0 Å². The average Bonchev–Trinajstić information content (AvgIpc) is 3.41. The van der Waals surface area contributed by atoms with Crippen molar-refractivity contribution < 1.29 is 9.59 Å². The first-order valence-electron chi connectivity index (χ1n) is 10.2. The topological polar surface area (TPSA) is 43.9 Å². The quantitative estimate of drug-likeness (QED) is 0.765. The van der Waals surface area contributed by atoms with Crippen LogP contribution in [0.15, 0.2) is 0 Å². The van der Waals surface area contributed by atoms with Crippen molar-refractivity contribution in [1.29, 1.82) is 0 Å². The maximum absolute atomic E-state index is 12.6. The Labute approximate surface area is 152 Å².